The summed E-state index contributed by atoms with van der Waals surface area (Å²) in [6, 6.07) is 3.02. The minimum absolute atomic E-state index is 0.0640. The smallest absolute Gasteiger partial charge is 0.271 e. The first kappa shape index (κ1) is 12.6. The quantitative estimate of drug-likeness (QED) is 0.831. The highest BCUT2D eigenvalue weighted by Crippen LogP contribution is 2.39. The predicted octanol–water partition coefficient (Wildman–Crippen LogP) is 1.21. The van der Waals surface area contributed by atoms with Crippen molar-refractivity contribution < 1.29 is 12.8 Å². The summed E-state index contributed by atoms with van der Waals surface area (Å²) < 4.78 is 27.2. The molecular weight excluding hydrogens is 240 g/mol. The zero-order valence-electron chi connectivity index (χ0n) is 10.1. The summed E-state index contributed by atoms with van der Waals surface area (Å²) in [6.45, 7) is 4.81. The number of furan rings is 1. The fourth-order valence-electron chi connectivity index (χ4n) is 1.87. The fraction of sp³-hybridized carbons (Fsp3) is 0.636. The van der Waals surface area contributed by atoms with Crippen molar-refractivity contribution in [3.05, 3.63) is 17.9 Å². The Morgan fingerprint density at radius 1 is 1.47 bits per heavy atom. The molecule has 0 saturated heterocycles. The first-order chi connectivity index (χ1) is 7.79. The Balaban J connectivity index is 1.98. The second kappa shape index (κ2) is 4.12. The van der Waals surface area contributed by atoms with E-state index in [0.717, 1.165) is 0 Å². The van der Waals surface area contributed by atoms with E-state index in [0.29, 0.717) is 18.2 Å². The van der Waals surface area contributed by atoms with Crippen molar-refractivity contribution in [1.82, 2.24) is 5.32 Å². The lowest BCUT2D eigenvalue weighted by molar-refractivity contribution is 0.312. The highest BCUT2D eigenvalue weighted by molar-refractivity contribution is 7.89. The molecule has 5 nitrogen and oxygen atoms in total. The minimum Gasteiger partial charge on any atom is -0.447 e. The van der Waals surface area contributed by atoms with E-state index in [-0.39, 0.29) is 10.6 Å². The Bertz CT molecular complexity index is 501. The molecule has 17 heavy (non-hydrogen) atoms. The Kier molecular flexibility index (Phi) is 3.05. The zero-order valence-corrected chi connectivity index (χ0v) is 10.9. The first-order valence-electron chi connectivity index (χ1n) is 5.65. The fourth-order valence-corrected chi connectivity index (χ4v) is 2.35. The Labute approximate surface area is 101 Å². The molecule has 0 radical (unpaired) electrons. The lowest BCUT2D eigenvalue weighted by Crippen LogP contribution is -2.40. The molecule has 0 aliphatic heterocycles. The molecule has 3 N–H and O–H groups in total. The van der Waals surface area contributed by atoms with Crippen molar-refractivity contribution in [2.45, 2.75) is 43.9 Å². The molecule has 0 atom stereocenters. The standard InChI is InChI=1S/C11H18N2O3S/c1-11(2,8-3-4-8)13-7-9-5-6-10(16-9)17(12,14)15/h5-6,8,13H,3-4,7H2,1-2H3,(H2,12,14,15). The van der Waals surface area contributed by atoms with Crippen molar-refractivity contribution in [2.24, 2.45) is 11.1 Å². The van der Waals surface area contributed by atoms with Crippen LogP contribution in [0.4, 0.5) is 0 Å². The number of sulfonamides is 1. The van der Waals surface area contributed by atoms with E-state index >= 15 is 0 Å². The average Bonchev–Trinajstić information content (AvgIpc) is 2.94. The largest absolute Gasteiger partial charge is 0.447 e. The first-order valence-corrected chi connectivity index (χ1v) is 7.20. The van der Waals surface area contributed by atoms with E-state index in [1.54, 1.807) is 6.07 Å². The molecule has 2 rings (SSSR count). The molecule has 1 aromatic rings. The Morgan fingerprint density at radius 2 is 2.12 bits per heavy atom. The molecule has 96 valence electrons. The van der Waals surface area contributed by atoms with Gasteiger partial charge in [-0.1, -0.05) is 0 Å². The molecule has 1 aliphatic carbocycles. The van der Waals surface area contributed by atoms with E-state index in [1.165, 1.54) is 18.9 Å². The average molecular weight is 258 g/mol. The van der Waals surface area contributed by atoms with Gasteiger partial charge in [-0.15, -0.1) is 0 Å². The van der Waals surface area contributed by atoms with Crippen LogP contribution in [-0.2, 0) is 16.6 Å². The van der Waals surface area contributed by atoms with Crippen LogP contribution in [0.3, 0.4) is 0 Å². The summed E-state index contributed by atoms with van der Waals surface area (Å²) in [7, 11) is -3.73. The Hall–Kier alpha value is -0.850. The Morgan fingerprint density at radius 3 is 2.59 bits per heavy atom. The van der Waals surface area contributed by atoms with Gasteiger partial charge < -0.3 is 9.73 Å². The van der Waals surface area contributed by atoms with E-state index < -0.39 is 10.0 Å². The minimum atomic E-state index is -3.73. The van der Waals surface area contributed by atoms with Gasteiger partial charge >= 0.3 is 0 Å². The summed E-state index contributed by atoms with van der Waals surface area (Å²) in [4.78, 5) is 0. The molecule has 0 aromatic carbocycles. The molecule has 0 bridgehead atoms. The maximum atomic E-state index is 11.0. The van der Waals surface area contributed by atoms with E-state index in [4.69, 9.17) is 9.56 Å². The van der Waals surface area contributed by atoms with Gasteiger partial charge in [0.05, 0.1) is 6.54 Å². The molecule has 1 aromatic heterocycles. The van der Waals surface area contributed by atoms with Gasteiger partial charge in [0.25, 0.3) is 10.0 Å². The number of rotatable bonds is 5. The van der Waals surface area contributed by atoms with Crippen LogP contribution in [0.1, 0.15) is 32.4 Å². The number of nitrogens with two attached hydrogens (primary N) is 1. The maximum absolute atomic E-state index is 11.0. The lowest BCUT2D eigenvalue weighted by atomic mass is 9.99. The predicted molar refractivity (Wildman–Crippen MR) is 63.7 cm³/mol. The van der Waals surface area contributed by atoms with Gasteiger partial charge in [-0.3, -0.25) is 0 Å². The van der Waals surface area contributed by atoms with Gasteiger partial charge in [0.2, 0.25) is 5.09 Å². The molecule has 1 heterocycles. The number of nitrogens with one attached hydrogen (secondary N) is 1. The van der Waals surface area contributed by atoms with E-state index in [2.05, 4.69) is 19.2 Å². The summed E-state index contributed by atoms with van der Waals surface area (Å²) in [5.74, 6) is 1.29. The van der Waals surface area contributed by atoms with Gasteiger partial charge in [0.1, 0.15) is 5.76 Å². The van der Waals surface area contributed by atoms with Crippen LogP contribution < -0.4 is 10.5 Å². The van der Waals surface area contributed by atoms with Gasteiger partial charge in [-0.2, -0.15) is 0 Å². The number of hydrogen-bond donors (Lipinski definition) is 2. The van der Waals surface area contributed by atoms with Crippen molar-refractivity contribution in [1.29, 1.82) is 0 Å². The van der Waals surface area contributed by atoms with Crippen molar-refractivity contribution in [3.63, 3.8) is 0 Å². The topological polar surface area (TPSA) is 85.3 Å². The molecule has 0 spiro atoms. The van der Waals surface area contributed by atoms with Crippen LogP contribution in [-0.4, -0.2) is 14.0 Å². The van der Waals surface area contributed by atoms with Crippen molar-refractivity contribution >= 4 is 10.0 Å². The van der Waals surface area contributed by atoms with Crippen molar-refractivity contribution in [3.8, 4) is 0 Å². The van der Waals surface area contributed by atoms with Gasteiger partial charge in [-0.05, 0) is 44.7 Å². The lowest BCUT2D eigenvalue weighted by Gasteiger charge is -2.25. The molecule has 1 saturated carbocycles. The van der Waals surface area contributed by atoms with E-state index in [1.807, 2.05) is 0 Å². The molecule has 6 heteroatoms. The molecular formula is C11H18N2O3S. The van der Waals surface area contributed by atoms with Crippen molar-refractivity contribution in [2.75, 3.05) is 0 Å². The van der Waals surface area contributed by atoms with Crippen LogP contribution in [0.2, 0.25) is 0 Å². The van der Waals surface area contributed by atoms with Crippen LogP contribution in [0.25, 0.3) is 0 Å². The van der Waals surface area contributed by atoms with Gasteiger partial charge in [0, 0.05) is 5.54 Å². The van der Waals surface area contributed by atoms with Crippen LogP contribution in [0, 0.1) is 5.92 Å². The molecule has 0 unspecified atom stereocenters. The molecule has 1 aliphatic rings. The third-order valence-electron chi connectivity index (χ3n) is 3.23. The maximum Gasteiger partial charge on any atom is 0.271 e. The van der Waals surface area contributed by atoms with Gasteiger partial charge in [-0.25, -0.2) is 13.6 Å². The van der Waals surface area contributed by atoms with Gasteiger partial charge in [0.15, 0.2) is 0 Å². The normalized spacial score (nSPS) is 17.4. The summed E-state index contributed by atoms with van der Waals surface area (Å²) in [5.41, 5.74) is 0.0640. The number of hydrogen-bond acceptors (Lipinski definition) is 4. The highest BCUT2D eigenvalue weighted by atomic mass is 32.2. The number of primary sulfonamides is 1. The second-order valence-corrected chi connectivity index (χ2v) is 6.61. The summed E-state index contributed by atoms with van der Waals surface area (Å²) >= 11 is 0. The second-order valence-electron chi connectivity index (χ2n) is 5.12. The SMILES string of the molecule is CC(C)(NCc1ccc(S(N)(=O)=O)o1)C1CC1. The molecule has 1 fully saturated rings. The summed E-state index contributed by atoms with van der Waals surface area (Å²) in [5, 5.41) is 8.16. The monoisotopic (exact) mass is 258 g/mol. The highest BCUT2D eigenvalue weighted by Gasteiger charge is 2.37. The van der Waals surface area contributed by atoms with E-state index in [9.17, 15) is 8.42 Å². The molecule has 0 amide bonds. The summed E-state index contributed by atoms with van der Waals surface area (Å²) in [6.07, 6.45) is 2.50. The van der Waals surface area contributed by atoms with Crippen LogP contribution >= 0.6 is 0 Å². The zero-order chi connectivity index (χ0) is 12.7. The van der Waals surface area contributed by atoms with Crippen LogP contribution in [0.5, 0.6) is 0 Å². The third kappa shape index (κ3) is 3.08. The third-order valence-corrected chi connectivity index (χ3v) is 4.01. The van der Waals surface area contributed by atoms with Crippen LogP contribution in [0.15, 0.2) is 21.6 Å².